The molecule has 0 unspecified atom stereocenters. The minimum Gasteiger partial charge on any atom is -0.394 e. The molecule has 3 rings (SSSR count). The van der Waals surface area contributed by atoms with Crippen molar-refractivity contribution < 1.29 is 30.0 Å². The summed E-state index contributed by atoms with van der Waals surface area (Å²) in [5.41, 5.74) is 0.542. The first-order chi connectivity index (χ1) is 12.0. The zero-order chi connectivity index (χ0) is 18.0. The number of ether oxygens (including phenoxy) is 1. The lowest BCUT2D eigenvalue weighted by Gasteiger charge is -2.40. The molecule has 134 valence electrons. The molecule has 1 aliphatic rings. The van der Waals surface area contributed by atoms with Crippen molar-refractivity contribution in [3.63, 3.8) is 0 Å². The van der Waals surface area contributed by atoms with Gasteiger partial charge in [-0.3, -0.25) is 0 Å². The number of benzene rings is 2. The Morgan fingerprint density at radius 2 is 1.72 bits per heavy atom. The fourth-order valence-corrected chi connectivity index (χ4v) is 2.78. The van der Waals surface area contributed by atoms with Gasteiger partial charge in [0.15, 0.2) is 6.23 Å². The highest BCUT2D eigenvalue weighted by Gasteiger charge is 2.43. The number of aliphatic hydroxyl groups excluding tert-OH is 4. The SMILES string of the molecule is O=C(Nc1ccc2ccccc2c1)N[C@@H]1O[C@H](CO)[C@@H](O)[C@H](O)[C@H]1O. The van der Waals surface area contributed by atoms with E-state index in [4.69, 9.17) is 9.84 Å². The number of rotatable bonds is 3. The van der Waals surface area contributed by atoms with Crippen LogP contribution in [0, 0.1) is 0 Å². The number of nitrogens with one attached hydrogen (secondary N) is 2. The summed E-state index contributed by atoms with van der Waals surface area (Å²) in [7, 11) is 0. The minimum atomic E-state index is -1.54. The molecule has 2 aromatic carbocycles. The van der Waals surface area contributed by atoms with E-state index in [1.165, 1.54) is 0 Å². The summed E-state index contributed by atoms with van der Waals surface area (Å²) in [5, 5.41) is 45.5. The summed E-state index contributed by atoms with van der Waals surface area (Å²) < 4.78 is 5.23. The van der Waals surface area contributed by atoms with Crippen LogP contribution < -0.4 is 10.6 Å². The maximum Gasteiger partial charge on any atom is 0.321 e. The summed E-state index contributed by atoms with van der Waals surface area (Å²) >= 11 is 0. The molecule has 2 aromatic rings. The van der Waals surface area contributed by atoms with Crippen LogP contribution in [-0.4, -0.2) is 63.7 Å². The average molecular weight is 348 g/mol. The van der Waals surface area contributed by atoms with Crippen LogP contribution in [0.4, 0.5) is 10.5 Å². The van der Waals surface area contributed by atoms with Gasteiger partial charge in [-0.1, -0.05) is 30.3 Å². The highest BCUT2D eigenvalue weighted by atomic mass is 16.6. The van der Waals surface area contributed by atoms with Gasteiger partial charge in [-0.05, 0) is 22.9 Å². The van der Waals surface area contributed by atoms with E-state index in [-0.39, 0.29) is 0 Å². The number of anilines is 1. The molecule has 0 bridgehead atoms. The van der Waals surface area contributed by atoms with Crippen LogP contribution in [0.25, 0.3) is 10.8 Å². The molecule has 6 N–H and O–H groups in total. The maximum absolute atomic E-state index is 12.1. The van der Waals surface area contributed by atoms with Gasteiger partial charge in [0.25, 0.3) is 0 Å². The summed E-state index contributed by atoms with van der Waals surface area (Å²) in [6, 6.07) is 12.4. The van der Waals surface area contributed by atoms with Crippen LogP contribution in [0.5, 0.6) is 0 Å². The smallest absolute Gasteiger partial charge is 0.321 e. The first-order valence-corrected chi connectivity index (χ1v) is 7.86. The second kappa shape index (κ2) is 7.34. The van der Waals surface area contributed by atoms with Crippen LogP contribution in [0.15, 0.2) is 42.5 Å². The second-order valence-corrected chi connectivity index (χ2v) is 5.91. The topological polar surface area (TPSA) is 131 Å². The van der Waals surface area contributed by atoms with Crippen molar-refractivity contribution in [3.8, 4) is 0 Å². The monoisotopic (exact) mass is 348 g/mol. The number of carbonyl (C=O) groups is 1. The normalized spacial score (nSPS) is 29.4. The van der Waals surface area contributed by atoms with Gasteiger partial charge in [0.05, 0.1) is 6.61 Å². The van der Waals surface area contributed by atoms with Gasteiger partial charge in [0.2, 0.25) is 0 Å². The van der Waals surface area contributed by atoms with Crippen molar-refractivity contribution >= 4 is 22.5 Å². The van der Waals surface area contributed by atoms with Crippen LogP contribution in [0.3, 0.4) is 0 Å². The molecule has 0 aliphatic carbocycles. The molecule has 8 nitrogen and oxygen atoms in total. The number of hydrogen-bond donors (Lipinski definition) is 6. The number of amides is 2. The molecular weight excluding hydrogens is 328 g/mol. The summed E-state index contributed by atoms with van der Waals surface area (Å²) in [6.07, 6.45) is -6.89. The molecule has 1 aliphatic heterocycles. The number of aliphatic hydroxyl groups is 4. The maximum atomic E-state index is 12.1. The Kier molecular flexibility index (Phi) is 5.16. The fourth-order valence-electron chi connectivity index (χ4n) is 2.78. The predicted molar refractivity (Wildman–Crippen MR) is 89.9 cm³/mol. The van der Waals surface area contributed by atoms with Gasteiger partial charge in [0.1, 0.15) is 24.4 Å². The summed E-state index contributed by atoms with van der Waals surface area (Å²) in [6.45, 7) is -0.560. The molecule has 0 radical (unpaired) electrons. The molecule has 1 heterocycles. The summed E-state index contributed by atoms with van der Waals surface area (Å²) in [5.74, 6) is 0. The quantitative estimate of drug-likeness (QED) is 0.454. The average Bonchev–Trinajstić information content (AvgIpc) is 2.62. The van der Waals surface area contributed by atoms with Crippen molar-refractivity contribution in [3.05, 3.63) is 42.5 Å². The van der Waals surface area contributed by atoms with E-state index < -0.39 is 43.3 Å². The third kappa shape index (κ3) is 3.73. The zero-order valence-corrected chi connectivity index (χ0v) is 13.2. The molecule has 0 spiro atoms. The lowest BCUT2D eigenvalue weighted by Crippen LogP contribution is -2.63. The van der Waals surface area contributed by atoms with Crippen molar-refractivity contribution in [1.82, 2.24) is 5.32 Å². The standard InChI is InChI=1S/C17H20N2O6/c20-8-12-13(21)14(22)15(23)16(25-12)19-17(24)18-11-6-5-9-3-1-2-4-10(9)7-11/h1-7,12-16,20-23H,8H2,(H2,18,19,24)/t12-,13-,14+,15-,16-/m1/s1. The second-order valence-electron chi connectivity index (χ2n) is 5.91. The Hall–Kier alpha value is -2.23. The fraction of sp³-hybridized carbons (Fsp3) is 0.353. The number of fused-ring (bicyclic) bond motifs is 1. The van der Waals surface area contributed by atoms with Gasteiger partial charge in [-0.25, -0.2) is 4.79 Å². The molecular formula is C17H20N2O6. The Morgan fingerprint density at radius 3 is 2.44 bits per heavy atom. The molecule has 0 saturated carbocycles. The Labute approximate surface area is 143 Å². The van der Waals surface area contributed by atoms with Crippen molar-refractivity contribution in [1.29, 1.82) is 0 Å². The van der Waals surface area contributed by atoms with Crippen LogP contribution in [0.1, 0.15) is 0 Å². The van der Waals surface area contributed by atoms with E-state index in [0.717, 1.165) is 10.8 Å². The molecule has 2 amide bonds. The minimum absolute atomic E-state index is 0.542. The number of carbonyl (C=O) groups excluding carboxylic acids is 1. The molecule has 5 atom stereocenters. The van der Waals surface area contributed by atoms with E-state index in [2.05, 4.69) is 10.6 Å². The Balaban J connectivity index is 1.66. The third-order valence-electron chi connectivity index (χ3n) is 4.17. The van der Waals surface area contributed by atoms with Gasteiger partial charge < -0.3 is 35.8 Å². The summed E-state index contributed by atoms with van der Waals surface area (Å²) in [4.78, 5) is 12.1. The molecule has 8 heteroatoms. The van der Waals surface area contributed by atoms with Crippen molar-refractivity contribution in [2.75, 3.05) is 11.9 Å². The van der Waals surface area contributed by atoms with Crippen molar-refractivity contribution in [2.45, 2.75) is 30.6 Å². The van der Waals surface area contributed by atoms with E-state index >= 15 is 0 Å². The number of urea groups is 1. The van der Waals surface area contributed by atoms with Crippen LogP contribution in [-0.2, 0) is 4.74 Å². The van der Waals surface area contributed by atoms with Gasteiger partial charge in [-0.2, -0.15) is 0 Å². The van der Waals surface area contributed by atoms with Crippen molar-refractivity contribution in [2.24, 2.45) is 0 Å². The molecule has 25 heavy (non-hydrogen) atoms. The first-order valence-electron chi connectivity index (χ1n) is 7.86. The van der Waals surface area contributed by atoms with Crippen LogP contribution >= 0.6 is 0 Å². The largest absolute Gasteiger partial charge is 0.394 e. The van der Waals surface area contributed by atoms with E-state index in [0.29, 0.717) is 5.69 Å². The van der Waals surface area contributed by atoms with E-state index in [9.17, 15) is 20.1 Å². The van der Waals surface area contributed by atoms with E-state index in [1.807, 2.05) is 30.3 Å². The molecule has 1 saturated heterocycles. The Morgan fingerprint density at radius 1 is 1.00 bits per heavy atom. The molecule has 0 aromatic heterocycles. The third-order valence-corrected chi connectivity index (χ3v) is 4.17. The van der Waals surface area contributed by atoms with E-state index in [1.54, 1.807) is 12.1 Å². The zero-order valence-electron chi connectivity index (χ0n) is 13.2. The highest BCUT2D eigenvalue weighted by molar-refractivity contribution is 5.93. The first kappa shape index (κ1) is 17.6. The van der Waals surface area contributed by atoms with Crippen LogP contribution in [0.2, 0.25) is 0 Å². The highest BCUT2D eigenvalue weighted by Crippen LogP contribution is 2.21. The van der Waals surface area contributed by atoms with Gasteiger partial charge in [0, 0.05) is 5.69 Å². The lowest BCUT2D eigenvalue weighted by molar-refractivity contribution is -0.233. The number of hydrogen-bond acceptors (Lipinski definition) is 6. The predicted octanol–water partition coefficient (Wildman–Crippen LogP) is -0.239. The van der Waals surface area contributed by atoms with Gasteiger partial charge in [-0.15, -0.1) is 0 Å². The van der Waals surface area contributed by atoms with Gasteiger partial charge >= 0.3 is 6.03 Å². The molecule has 1 fully saturated rings. The Bertz CT molecular complexity index is 753. The lowest BCUT2D eigenvalue weighted by atomic mass is 9.98.